The number of nitrogens with one attached hydrogen (secondary N) is 3. The van der Waals surface area contributed by atoms with E-state index in [1.54, 1.807) is 40.8 Å². The second-order valence-electron chi connectivity index (χ2n) is 9.92. The second-order valence-corrected chi connectivity index (χ2v) is 10.8. The van der Waals surface area contributed by atoms with Gasteiger partial charge < -0.3 is 35.9 Å². The minimum atomic E-state index is -1.15. The molecule has 0 saturated carbocycles. The predicted molar refractivity (Wildman–Crippen MR) is 148 cm³/mol. The van der Waals surface area contributed by atoms with E-state index in [1.165, 1.54) is 18.9 Å². The third kappa shape index (κ3) is 11.0. The number of aromatic amines is 1. The van der Waals surface area contributed by atoms with Crippen LogP contribution in [0.2, 0.25) is 0 Å². The third-order valence-corrected chi connectivity index (χ3v) is 5.88. The molecule has 2 rings (SSSR count). The summed E-state index contributed by atoms with van der Waals surface area (Å²) in [6, 6.07) is 5.01. The van der Waals surface area contributed by atoms with Crippen molar-refractivity contribution in [1.82, 2.24) is 15.6 Å². The summed E-state index contributed by atoms with van der Waals surface area (Å²) in [5.41, 5.74) is 6.32. The van der Waals surface area contributed by atoms with Gasteiger partial charge in [0.2, 0.25) is 5.91 Å². The van der Waals surface area contributed by atoms with Gasteiger partial charge in [0.05, 0.1) is 7.11 Å². The lowest BCUT2D eigenvalue weighted by molar-refractivity contribution is -0.142. The number of benzene rings is 1. The Morgan fingerprint density at radius 1 is 1.13 bits per heavy atom. The zero-order chi connectivity index (χ0) is 29.0. The molecule has 6 N–H and O–H groups in total. The molecule has 0 radical (unpaired) electrons. The highest BCUT2D eigenvalue weighted by molar-refractivity contribution is 7.98. The number of rotatable bonds is 10. The van der Waals surface area contributed by atoms with Gasteiger partial charge in [0.1, 0.15) is 23.7 Å². The van der Waals surface area contributed by atoms with Gasteiger partial charge in [-0.2, -0.15) is 11.8 Å². The number of para-hydroxylation sites is 1. The fourth-order valence-corrected chi connectivity index (χ4v) is 3.85. The fraction of sp³-hybridized carbons (Fsp3) is 0.538. The number of ether oxygens (including phenoxy) is 2. The first-order valence-corrected chi connectivity index (χ1v) is 13.5. The normalized spacial score (nSPS) is 13.5. The van der Waals surface area contributed by atoms with Crippen LogP contribution in [0, 0.1) is 5.92 Å². The Morgan fingerprint density at radius 3 is 2.29 bits per heavy atom. The molecular formula is C26H40N4O7S. The summed E-state index contributed by atoms with van der Waals surface area (Å²) in [6.45, 7) is 8.68. The van der Waals surface area contributed by atoms with Gasteiger partial charge in [0.25, 0.3) is 0 Å². The Labute approximate surface area is 227 Å². The number of amides is 2. The summed E-state index contributed by atoms with van der Waals surface area (Å²) in [5, 5.41) is 15.6. The van der Waals surface area contributed by atoms with Crippen LogP contribution in [-0.4, -0.2) is 76.9 Å². The van der Waals surface area contributed by atoms with E-state index in [4.69, 9.17) is 10.5 Å². The van der Waals surface area contributed by atoms with Crippen LogP contribution in [0.5, 0.6) is 0 Å². The van der Waals surface area contributed by atoms with Crippen LogP contribution in [0.3, 0.4) is 0 Å². The highest BCUT2D eigenvalue weighted by atomic mass is 32.2. The molecule has 38 heavy (non-hydrogen) atoms. The zero-order valence-corrected chi connectivity index (χ0v) is 23.8. The summed E-state index contributed by atoms with van der Waals surface area (Å²) >= 11 is 1.53. The van der Waals surface area contributed by atoms with Crippen molar-refractivity contribution in [2.24, 2.45) is 11.7 Å². The number of alkyl carbamates (subject to hydrolysis) is 1. The summed E-state index contributed by atoms with van der Waals surface area (Å²) in [4.78, 5) is 50.2. The van der Waals surface area contributed by atoms with Crippen LogP contribution in [-0.2, 0) is 30.3 Å². The van der Waals surface area contributed by atoms with Crippen LogP contribution in [0.1, 0.15) is 40.2 Å². The minimum Gasteiger partial charge on any atom is -0.480 e. The lowest BCUT2D eigenvalue weighted by atomic mass is 10.0. The van der Waals surface area contributed by atoms with E-state index >= 15 is 0 Å². The number of aromatic nitrogens is 1. The van der Waals surface area contributed by atoms with Crippen molar-refractivity contribution < 1.29 is 33.8 Å². The smallest absolute Gasteiger partial charge is 0.408 e. The first-order valence-electron chi connectivity index (χ1n) is 12.1. The Hall–Kier alpha value is -3.25. The number of carboxylic acids is 1. The number of hydrogen-bond acceptors (Lipinski definition) is 8. The van der Waals surface area contributed by atoms with Crippen molar-refractivity contribution >= 4 is 46.6 Å². The number of nitrogens with two attached hydrogens (primary N) is 1. The quantitative estimate of drug-likeness (QED) is 0.278. The molecule has 1 aromatic heterocycles. The summed E-state index contributed by atoms with van der Waals surface area (Å²) in [5.74, 6) is -1.71. The first kappa shape index (κ1) is 32.8. The predicted octanol–water partition coefficient (Wildman–Crippen LogP) is 2.68. The molecule has 212 valence electrons. The van der Waals surface area contributed by atoms with Gasteiger partial charge in [0, 0.05) is 29.3 Å². The molecule has 0 saturated heterocycles. The maximum absolute atomic E-state index is 12.7. The van der Waals surface area contributed by atoms with E-state index in [9.17, 15) is 24.3 Å². The number of esters is 1. The van der Waals surface area contributed by atoms with E-state index in [0.29, 0.717) is 5.75 Å². The van der Waals surface area contributed by atoms with Crippen LogP contribution >= 0.6 is 11.8 Å². The monoisotopic (exact) mass is 552 g/mol. The number of fused-ring (bicyclic) bond motifs is 1. The molecule has 0 spiro atoms. The second kappa shape index (κ2) is 15.2. The summed E-state index contributed by atoms with van der Waals surface area (Å²) in [7, 11) is 1.34. The van der Waals surface area contributed by atoms with Crippen molar-refractivity contribution in [1.29, 1.82) is 0 Å². The third-order valence-electron chi connectivity index (χ3n) is 5.19. The number of H-pyrrole nitrogens is 1. The highest BCUT2D eigenvalue weighted by Gasteiger charge is 2.30. The molecule has 0 aliphatic heterocycles. The highest BCUT2D eigenvalue weighted by Crippen LogP contribution is 2.19. The number of thioether (sulfide) groups is 1. The fourth-order valence-electron chi connectivity index (χ4n) is 3.35. The van der Waals surface area contributed by atoms with Gasteiger partial charge >= 0.3 is 18.0 Å². The SMILES string of the molecule is CC(C)C(NC(=O)OC(C)(C)C)C(=O)NC(Cc1c[nH]c2ccccc12)C(=O)O.COC(=O)C(N)CSC. The average Bonchev–Trinajstić information content (AvgIpc) is 3.23. The molecule has 11 nitrogen and oxygen atoms in total. The van der Waals surface area contributed by atoms with Gasteiger partial charge in [-0.25, -0.2) is 9.59 Å². The molecular weight excluding hydrogens is 512 g/mol. The Balaban J connectivity index is 0.000000686. The Morgan fingerprint density at radius 2 is 1.76 bits per heavy atom. The number of aliphatic carboxylic acids is 1. The lowest BCUT2D eigenvalue weighted by Crippen LogP contribution is -2.54. The van der Waals surface area contributed by atoms with Crippen LogP contribution in [0.4, 0.5) is 4.79 Å². The van der Waals surface area contributed by atoms with Gasteiger partial charge in [-0.05, 0) is 44.6 Å². The summed E-state index contributed by atoms with van der Waals surface area (Å²) < 4.78 is 9.59. The Kier molecular flexibility index (Phi) is 13.1. The molecule has 0 fully saturated rings. The number of carbonyl (C=O) groups is 4. The van der Waals surface area contributed by atoms with Crippen molar-refractivity contribution in [2.75, 3.05) is 19.1 Å². The largest absolute Gasteiger partial charge is 0.480 e. The van der Waals surface area contributed by atoms with Crippen molar-refractivity contribution in [3.63, 3.8) is 0 Å². The van der Waals surface area contributed by atoms with Crippen molar-refractivity contribution in [3.05, 3.63) is 36.0 Å². The van der Waals surface area contributed by atoms with Crippen LogP contribution in [0.15, 0.2) is 30.5 Å². The number of carbonyl (C=O) groups excluding carboxylic acids is 3. The minimum absolute atomic E-state index is 0.113. The van der Waals surface area contributed by atoms with Gasteiger partial charge in [-0.15, -0.1) is 0 Å². The maximum Gasteiger partial charge on any atom is 0.408 e. The van der Waals surface area contributed by atoms with Gasteiger partial charge in [-0.1, -0.05) is 32.0 Å². The number of hydrogen-bond donors (Lipinski definition) is 5. The van der Waals surface area contributed by atoms with E-state index < -0.39 is 41.7 Å². The van der Waals surface area contributed by atoms with E-state index in [-0.39, 0.29) is 18.3 Å². The van der Waals surface area contributed by atoms with Crippen molar-refractivity contribution in [2.45, 2.75) is 64.8 Å². The molecule has 1 heterocycles. The van der Waals surface area contributed by atoms with Gasteiger partial charge in [-0.3, -0.25) is 9.59 Å². The molecule has 2 amide bonds. The number of methoxy groups -OCH3 is 1. The van der Waals surface area contributed by atoms with Crippen LogP contribution < -0.4 is 16.4 Å². The molecule has 3 atom stereocenters. The Bertz CT molecular complexity index is 1080. The molecule has 1 aromatic carbocycles. The average molecular weight is 553 g/mol. The van der Waals surface area contributed by atoms with Crippen LogP contribution in [0.25, 0.3) is 10.9 Å². The summed E-state index contributed by atoms with van der Waals surface area (Å²) in [6.07, 6.45) is 3.02. The first-order chi connectivity index (χ1) is 17.7. The van der Waals surface area contributed by atoms with Gasteiger partial charge in [0.15, 0.2) is 0 Å². The van der Waals surface area contributed by atoms with E-state index in [1.807, 2.05) is 30.5 Å². The maximum atomic E-state index is 12.7. The van der Waals surface area contributed by atoms with E-state index in [2.05, 4.69) is 20.4 Å². The van der Waals surface area contributed by atoms with E-state index in [0.717, 1.165) is 16.5 Å². The molecule has 2 aromatic rings. The molecule has 0 aliphatic rings. The number of carboxylic acid groups (broad SMARTS) is 1. The standard InChI is InChI=1S/C21H29N3O5.C5H11NO2S/c1-12(2)17(24-20(28)29-21(3,4)5)18(25)23-16(19(26)27)10-13-11-22-15-9-7-6-8-14(13)15;1-8-5(7)4(6)3-9-2/h6-9,11-12,16-17,22H,10H2,1-5H3,(H,23,25)(H,24,28)(H,26,27);4H,3,6H2,1-2H3. The molecule has 3 unspecified atom stereocenters. The lowest BCUT2D eigenvalue weighted by Gasteiger charge is -2.26. The molecule has 0 bridgehead atoms. The van der Waals surface area contributed by atoms with Crippen molar-refractivity contribution in [3.8, 4) is 0 Å². The molecule has 12 heteroatoms. The zero-order valence-electron chi connectivity index (χ0n) is 23.0. The molecule has 0 aliphatic carbocycles. The topological polar surface area (TPSA) is 173 Å².